The van der Waals surface area contributed by atoms with Crippen LogP contribution >= 0.6 is 11.8 Å². The Balaban J connectivity index is 1.18. The molecule has 1 aromatic carbocycles. The molecular formula is C22H30N4O3S2. The second kappa shape index (κ2) is 8.75. The summed E-state index contributed by atoms with van der Waals surface area (Å²) in [6, 6.07) is 8.11. The number of benzene rings is 1. The van der Waals surface area contributed by atoms with E-state index in [9.17, 15) is 13.2 Å². The third-order valence-corrected chi connectivity index (χ3v) is 10.0. The molecule has 0 aromatic heterocycles. The quantitative estimate of drug-likeness (QED) is 0.743. The summed E-state index contributed by atoms with van der Waals surface area (Å²) in [6.07, 6.45) is 6.65. The molecule has 2 saturated heterocycles. The number of amides is 1. The van der Waals surface area contributed by atoms with Gasteiger partial charge in [0.2, 0.25) is 0 Å². The fraction of sp³-hybridized carbons (Fsp3) is 0.636. The summed E-state index contributed by atoms with van der Waals surface area (Å²) in [4.78, 5) is 22.2. The largest absolute Gasteiger partial charge is 0.336 e. The first kappa shape index (κ1) is 21.3. The number of carbonyl (C=O) groups is 1. The molecule has 2 atom stereocenters. The van der Waals surface area contributed by atoms with Crippen molar-refractivity contribution in [2.24, 2.45) is 4.99 Å². The van der Waals surface area contributed by atoms with Crippen molar-refractivity contribution in [2.75, 3.05) is 43.0 Å². The van der Waals surface area contributed by atoms with Crippen molar-refractivity contribution >= 4 is 38.4 Å². The van der Waals surface area contributed by atoms with Gasteiger partial charge < -0.3 is 10.2 Å². The van der Waals surface area contributed by atoms with Gasteiger partial charge in [0.05, 0.1) is 17.5 Å². The number of amidine groups is 1. The summed E-state index contributed by atoms with van der Waals surface area (Å²) >= 11 is 1.49. The van der Waals surface area contributed by atoms with Crippen LogP contribution in [-0.4, -0.2) is 84.3 Å². The molecule has 31 heavy (non-hydrogen) atoms. The van der Waals surface area contributed by atoms with Crippen LogP contribution in [0.25, 0.3) is 0 Å². The van der Waals surface area contributed by atoms with Crippen molar-refractivity contribution in [3.63, 3.8) is 0 Å². The van der Waals surface area contributed by atoms with Crippen LogP contribution in [0.1, 0.15) is 42.5 Å². The van der Waals surface area contributed by atoms with E-state index in [0.29, 0.717) is 11.6 Å². The van der Waals surface area contributed by atoms with Crippen molar-refractivity contribution in [1.29, 1.82) is 0 Å². The summed E-state index contributed by atoms with van der Waals surface area (Å²) < 4.78 is 23.5. The van der Waals surface area contributed by atoms with Gasteiger partial charge in [-0.05, 0) is 31.0 Å². The third-order valence-electron chi connectivity index (χ3n) is 6.87. The second-order valence-electron chi connectivity index (χ2n) is 9.06. The number of carbonyl (C=O) groups excluding carboxylic acids is 1. The van der Waals surface area contributed by atoms with Gasteiger partial charge in [-0.25, -0.2) is 8.42 Å². The Morgan fingerprint density at radius 1 is 1.06 bits per heavy atom. The Labute approximate surface area is 188 Å². The summed E-state index contributed by atoms with van der Waals surface area (Å²) in [7, 11) is -2.95. The maximum absolute atomic E-state index is 13.1. The molecule has 168 valence electrons. The molecule has 0 radical (unpaired) electrons. The van der Waals surface area contributed by atoms with Gasteiger partial charge in [-0.15, -0.1) is 0 Å². The minimum absolute atomic E-state index is 0.0118. The predicted octanol–water partition coefficient (Wildman–Crippen LogP) is 2.46. The van der Waals surface area contributed by atoms with Crippen LogP contribution in [0.4, 0.5) is 5.69 Å². The van der Waals surface area contributed by atoms with Gasteiger partial charge in [-0.2, -0.15) is 0 Å². The zero-order valence-electron chi connectivity index (χ0n) is 17.7. The number of anilines is 1. The summed E-state index contributed by atoms with van der Waals surface area (Å²) in [5.74, 6) is 0.416. The molecule has 5 rings (SSSR count). The molecule has 3 heterocycles. The van der Waals surface area contributed by atoms with Crippen LogP contribution in [0, 0.1) is 0 Å². The van der Waals surface area contributed by atoms with E-state index in [1.54, 1.807) is 0 Å². The van der Waals surface area contributed by atoms with Gasteiger partial charge in [0.15, 0.2) is 15.0 Å². The van der Waals surface area contributed by atoms with Gasteiger partial charge in [-0.1, -0.05) is 37.1 Å². The maximum atomic E-state index is 13.1. The van der Waals surface area contributed by atoms with Gasteiger partial charge in [-0.3, -0.25) is 14.7 Å². The molecule has 1 amide bonds. The Hall–Kier alpha value is -1.58. The zero-order valence-corrected chi connectivity index (χ0v) is 19.3. The van der Waals surface area contributed by atoms with Crippen LogP contribution in [0.5, 0.6) is 0 Å². The average molecular weight is 463 g/mol. The lowest BCUT2D eigenvalue weighted by atomic mass is 9.94. The Bertz CT molecular complexity index is 967. The number of nitrogens with zero attached hydrogens (tertiary/aromatic N) is 3. The van der Waals surface area contributed by atoms with E-state index in [1.165, 1.54) is 43.9 Å². The molecule has 0 unspecified atom stereocenters. The highest BCUT2D eigenvalue weighted by molar-refractivity contribution is 8.15. The monoisotopic (exact) mass is 462 g/mol. The van der Waals surface area contributed by atoms with Gasteiger partial charge in [0.25, 0.3) is 5.91 Å². The number of rotatable bonds is 3. The number of sulfone groups is 1. The number of hydrogen-bond acceptors (Lipinski definition) is 7. The highest BCUT2D eigenvalue weighted by Crippen LogP contribution is 2.34. The summed E-state index contributed by atoms with van der Waals surface area (Å²) in [6.45, 7) is 3.50. The Kier molecular flexibility index (Phi) is 6.00. The van der Waals surface area contributed by atoms with E-state index >= 15 is 0 Å². The first-order valence-electron chi connectivity index (χ1n) is 11.3. The lowest BCUT2D eigenvalue weighted by molar-refractivity contribution is 0.0523. The van der Waals surface area contributed by atoms with Crippen LogP contribution in [-0.2, 0) is 9.84 Å². The van der Waals surface area contributed by atoms with E-state index in [0.717, 1.165) is 37.0 Å². The number of thioether (sulfide) groups is 1. The van der Waals surface area contributed by atoms with E-state index in [1.807, 2.05) is 29.2 Å². The molecule has 1 saturated carbocycles. The van der Waals surface area contributed by atoms with Crippen LogP contribution in [0.3, 0.4) is 0 Å². The fourth-order valence-corrected chi connectivity index (χ4v) is 8.86. The van der Waals surface area contributed by atoms with Crippen LogP contribution < -0.4 is 5.32 Å². The molecule has 0 spiro atoms. The molecular weight excluding hydrogens is 432 g/mol. The molecule has 0 bridgehead atoms. The van der Waals surface area contributed by atoms with Crippen molar-refractivity contribution in [3.05, 3.63) is 29.8 Å². The van der Waals surface area contributed by atoms with Gasteiger partial charge >= 0.3 is 0 Å². The minimum Gasteiger partial charge on any atom is -0.336 e. The molecule has 3 aliphatic heterocycles. The minimum atomic E-state index is -2.95. The van der Waals surface area contributed by atoms with Crippen molar-refractivity contribution < 1.29 is 13.2 Å². The Morgan fingerprint density at radius 2 is 1.84 bits per heavy atom. The number of piperazine rings is 1. The average Bonchev–Trinajstić information content (AvgIpc) is 3.26. The number of fused-ring (bicyclic) bond motifs is 1. The molecule has 1 N–H and O–H groups in total. The highest BCUT2D eigenvalue weighted by atomic mass is 32.2. The Morgan fingerprint density at radius 3 is 2.58 bits per heavy atom. The highest BCUT2D eigenvalue weighted by Gasteiger charge is 2.42. The first-order chi connectivity index (χ1) is 15.0. The normalized spacial score (nSPS) is 28.9. The van der Waals surface area contributed by atoms with E-state index in [2.05, 4.69) is 15.2 Å². The molecule has 7 nitrogen and oxygen atoms in total. The molecule has 4 aliphatic rings. The third kappa shape index (κ3) is 4.78. The number of nitrogens with one attached hydrogen (secondary N) is 1. The summed E-state index contributed by atoms with van der Waals surface area (Å²) in [5, 5.41) is 4.04. The van der Waals surface area contributed by atoms with Gasteiger partial charge in [0.1, 0.15) is 0 Å². The van der Waals surface area contributed by atoms with Crippen molar-refractivity contribution in [2.45, 2.75) is 49.4 Å². The van der Waals surface area contributed by atoms with Crippen molar-refractivity contribution in [3.8, 4) is 0 Å². The van der Waals surface area contributed by atoms with Crippen molar-refractivity contribution in [1.82, 2.24) is 9.80 Å². The van der Waals surface area contributed by atoms with Crippen LogP contribution in [0.15, 0.2) is 29.3 Å². The van der Waals surface area contributed by atoms with Gasteiger partial charge in [0, 0.05) is 48.7 Å². The zero-order chi connectivity index (χ0) is 21.4. The summed E-state index contributed by atoms with van der Waals surface area (Å²) in [5.41, 5.74) is 1.50. The SMILES string of the molecule is O=C(c1cccc(NC2=N[C@H]3CS(=O)(=O)C[C@H]3S2)c1)N1CCN(C2CCCCC2)CC1. The van der Waals surface area contributed by atoms with E-state index in [4.69, 9.17) is 0 Å². The molecule has 3 fully saturated rings. The number of aliphatic imine (C=N–C) groups is 1. The smallest absolute Gasteiger partial charge is 0.254 e. The topological polar surface area (TPSA) is 82.1 Å². The fourth-order valence-electron chi connectivity index (χ4n) is 5.19. The lowest BCUT2D eigenvalue weighted by Gasteiger charge is -2.40. The van der Waals surface area contributed by atoms with E-state index in [-0.39, 0.29) is 28.7 Å². The van der Waals surface area contributed by atoms with E-state index < -0.39 is 9.84 Å². The predicted molar refractivity (Wildman–Crippen MR) is 126 cm³/mol. The standard InChI is InChI=1S/C22H30N4O3S2/c27-21(26-11-9-25(10-12-26)18-7-2-1-3-8-18)16-5-4-6-17(13-16)23-22-24-19-14-31(28,29)15-20(19)30-22/h4-6,13,18-20H,1-3,7-12,14-15H2,(H,23,24)/t19-,20+/m0/s1. The first-order valence-corrected chi connectivity index (χ1v) is 14.0. The molecule has 9 heteroatoms. The molecule has 1 aromatic rings. The second-order valence-corrected chi connectivity index (χ2v) is 12.4. The maximum Gasteiger partial charge on any atom is 0.254 e. The van der Waals surface area contributed by atoms with Crippen LogP contribution in [0.2, 0.25) is 0 Å². The number of hydrogen-bond donors (Lipinski definition) is 1. The molecule has 1 aliphatic carbocycles. The lowest BCUT2D eigenvalue weighted by Crippen LogP contribution is -2.52.